The Labute approximate surface area is 127 Å². The first-order valence-corrected chi connectivity index (χ1v) is 7.66. The van der Waals surface area contributed by atoms with Crippen molar-refractivity contribution in [1.29, 1.82) is 0 Å². The molecule has 0 atom stereocenters. The Kier molecular flexibility index (Phi) is 4.76. The van der Waals surface area contributed by atoms with E-state index in [0.717, 1.165) is 42.9 Å². The lowest BCUT2D eigenvalue weighted by Gasteiger charge is -2.16. The molecule has 0 aliphatic carbocycles. The fourth-order valence-electron chi connectivity index (χ4n) is 2.38. The normalized spacial score (nSPS) is 15.0. The predicted octanol–water partition coefficient (Wildman–Crippen LogP) is 3.39. The molecule has 0 saturated heterocycles. The molecule has 0 spiro atoms. The summed E-state index contributed by atoms with van der Waals surface area (Å²) in [7, 11) is 1.88. The maximum atomic E-state index is 12.0. The monoisotopic (exact) mass is 291 g/mol. The van der Waals surface area contributed by atoms with Gasteiger partial charge in [-0.25, -0.2) is 0 Å². The van der Waals surface area contributed by atoms with Crippen molar-refractivity contribution in [3.63, 3.8) is 0 Å². The van der Waals surface area contributed by atoms with Crippen molar-refractivity contribution in [2.24, 2.45) is 0 Å². The Morgan fingerprint density at radius 1 is 1.24 bits per heavy atom. The van der Waals surface area contributed by atoms with Gasteiger partial charge < -0.3 is 14.4 Å². The smallest absolute Gasteiger partial charge is 0.246 e. The first-order chi connectivity index (χ1) is 9.91. The van der Waals surface area contributed by atoms with E-state index in [0.29, 0.717) is 6.42 Å². The van der Waals surface area contributed by atoms with Gasteiger partial charge in [0.2, 0.25) is 11.7 Å². The number of aryl methyl sites for hydroxylation is 1. The van der Waals surface area contributed by atoms with Crippen LogP contribution in [-0.2, 0) is 11.2 Å². The average Bonchev–Trinajstić information content (AvgIpc) is 2.74. The molecule has 0 saturated carbocycles. The van der Waals surface area contributed by atoms with Gasteiger partial charge in [0.15, 0.2) is 11.5 Å². The first-order valence-electron chi connectivity index (χ1n) is 7.66. The minimum absolute atomic E-state index is 0.196. The molecule has 0 fully saturated rings. The summed E-state index contributed by atoms with van der Waals surface area (Å²) in [5.41, 5.74) is 1.10. The van der Waals surface area contributed by atoms with Gasteiger partial charge in [-0.15, -0.1) is 0 Å². The number of unbranched alkanes of at least 4 members (excludes halogenated alkanes) is 1. The van der Waals surface area contributed by atoms with Gasteiger partial charge in [-0.2, -0.15) is 0 Å². The van der Waals surface area contributed by atoms with Crippen LogP contribution in [0.5, 0.6) is 11.5 Å². The third kappa shape index (κ3) is 4.13. The molecule has 0 radical (unpaired) electrons. The largest absolute Gasteiger partial charge is 0.449 e. The second-order valence-corrected chi connectivity index (χ2v) is 6.05. The molecule has 1 aromatic carbocycles. The van der Waals surface area contributed by atoms with Crippen LogP contribution >= 0.6 is 0 Å². The standard InChI is InChI=1S/C17H25NO3/c1-5-6-11-18(4)16(19)10-8-13-7-9-14-15(12-13)21-17(2,3)20-14/h7,9,12H,5-6,8,10-11H2,1-4H3. The second-order valence-electron chi connectivity index (χ2n) is 6.05. The molecule has 1 aliphatic rings. The van der Waals surface area contributed by atoms with Crippen molar-refractivity contribution in [2.75, 3.05) is 13.6 Å². The Hall–Kier alpha value is -1.71. The SMILES string of the molecule is CCCCN(C)C(=O)CCc1ccc2c(c1)OC(C)(C)O2. The molecule has 4 heteroatoms. The van der Waals surface area contributed by atoms with Crippen LogP contribution in [0.2, 0.25) is 0 Å². The van der Waals surface area contributed by atoms with E-state index in [9.17, 15) is 4.79 Å². The number of ether oxygens (including phenoxy) is 2. The maximum absolute atomic E-state index is 12.0. The molecular formula is C17H25NO3. The van der Waals surface area contributed by atoms with Gasteiger partial charge in [-0.3, -0.25) is 4.79 Å². The fraction of sp³-hybridized carbons (Fsp3) is 0.588. The summed E-state index contributed by atoms with van der Waals surface area (Å²) < 4.78 is 11.4. The molecule has 1 aromatic rings. The van der Waals surface area contributed by atoms with Gasteiger partial charge in [0.1, 0.15) is 0 Å². The topological polar surface area (TPSA) is 38.8 Å². The van der Waals surface area contributed by atoms with Crippen molar-refractivity contribution in [1.82, 2.24) is 4.90 Å². The van der Waals surface area contributed by atoms with Gasteiger partial charge in [-0.05, 0) is 30.5 Å². The van der Waals surface area contributed by atoms with Crippen molar-refractivity contribution in [2.45, 2.75) is 52.2 Å². The van der Waals surface area contributed by atoms with Crippen LogP contribution in [0.1, 0.15) is 45.6 Å². The number of hydrogen-bond acceptors (Lipinski definition) is 3. The molecule has 0 unspecified atom stereocenters. The molecule has 0 bridgehead atoms. The van der Waals surface area contributed by atoms with Crippen LogP contribution in [0.4, 0.5) is 0 Å². The summed E-state index contributed by atoms with van der Waals surface area (Å²) >= 11 is 0. The number of carbonyl (C=O) groups excluding carboxylic acids is 1. The Morgan fingerprint density at radius 2 is 1.95 bits per heavy atom. The van der Waals surface area contributed by atoms with Crippen LogP contribution in [0.15, 0.2) is 18.2 Å². The van der Waals surface area contributed by atoms with Crippen molar-refractivity contribution < 1.29 is 14.3 Å². The van der Waals surface area contributed by atoms with Crippen molar-refractivity contribution in [3.8, 4) is 11.5 Å². The van der Waals surface area contributed by atoms with Crippen LogP contribution in [0, 0.1) is 0 Å². The number of carbonyl (C=O) groups is 1. The molecule has 0 N–H and O–H groups in total. The zero-order valence-corrected chi connectivity index (χ0v) is 13.4. The molecule has 0 aromatic heterocycles. The van der Waals surface area contributed by atoms with Crippen LogP contribution in [0.25, 0.3) is 0 Å². The van der Waals surface area contributed by atoms with E-state index < -0.39 is 5.79 Å². The lowest BCUT2D eigenvalue weighted by atomic mass is 10.1. The average molecular weight is 291 g/mol. The summed E-state index contributed by atoms with van der Waals surface area (Å²) in [5, 5.41) is 0. The summed E-state index contributed by atoms with van der Waals surface area (Å²) in [4.78, 5) is 13.8. The molecule has 21 heavy (non-hydrogen) atoms. The highest BCUT2D eigenvalue weighted by molar-refractivity contribution is 5.76. The van der Waals surface area contributed by atoms with E-state index in [4.69, 9.17) is 9.47 Å². The van der Waals surface area contributed by atoms with E-state index in [1.54, 1.807) is 0 Å². The van der Waals surface area contributed by atoms with Gasteiger partial charge in [-0.1, -0.05) is 19.4 Å². The molecule has 4 nitrogen and oxygen atoms in total. The van der Waals surface area contributed by atoms with Crippen LogP contribution < -0.4 is 9.47 Å². The van der Waals surface area contributed by atoms with Gasteiger partial charge in [0.05, 0.1) is 0 Å². The Morgan fingerprint density at radius 3 is 2.67 bits per heavy atom. The number of rotatable bonds is 6. The third-order valence-corrected chi connectivity index (χ3v) is 3.62. The summed E-state index contributed by atoms with van der Waals surface area (Å²) in [5.74, 6) is 1.14. The van der Waals surface area contributed by atoms with Gasteiger partial charge in [0.25, 0.3) is 0 Å². The third-order valence-electron chi connectivity index (χ3n) is 3.62. The van der Waals surface area contributed by atoms with E-state index >= 15 is 0 Å². The molecule has 1 heterocycles. The zero-order chi connectivity index (χ0) is 15.5. The maximum Gasteiger partial charge on any atom is 0.246 e. The number of nitrogens with zero attached hydrogens (tertiary/aromatic N) is 1. The predicted molar refractivity (Wildman–Crippen MR) is 82.6 cm³/mol. The first kappa shape index (κ1) is 15.7. The van der Waals surface area contributed by atoms with Crippen LogP contribution in [-0.4, -0.2) is 30.2 Å². The summed E-state index contributed by atoms with van der Waals surface area (Å²) in [6.07, 6.45) is 3.42. The molecule has 1 amide bonds. The molecular weight excluding hydrogens is 266 g/mol. The summed E-state index contributed by atoms with van der Waals surface area (Å²) in [6, 6.07) is 5.90. The number of benzene rings is 1. The quantitative estimate of drug-likeness (QED) is 0.806. The summed E-state index contributed by atoms with van der Waals surface area (Å²) in [6.45, 7) is 6.74. The van der Waals surface area contributed by atoms with Gasteiger partial charge >= 0.3 is 0 Å². The number of amides is 1. The van der Waals surface area contributed by atoms with E-state index in [1.165, 1.54) is 0 Å². The minimum Gasteiger partial charge on any atom is -0.449 e. The van der Waals surface area contributed by atoms with E-state index in [2.05, 4.69) is 6.92 Å². The van der Waals surface area contributed by atoms with E-state index in [1.807, 2.05) is 44.0 Å². The lowest BCUT2D eigenvalue weighted by Crippen LogP contribution is -2.29. The minimum atomic E-state index is -0.600. The van der Waals surface area contributed by atoms with E-state index in [-0.39, 0.29) is 5.91 Å². The lowest BCUT2D eigenvalue weighted by molar-refractivity contribution is -0.129. The van der Waals surface area contributed by atoms with Crippen molar-refractivity contribution >= 4 is 5.91 Å². The highest BCUT2D eigenvalue weighted by Gasteiger charge is 2.31. The number of hydrogen-bond donors (Lipinski definition) is 0. The molecule has 2 rings (SSSR count). The fourth-order valence-corrected chi connectivity index (χ4v) is 2.38. The van der Waals surface area contributed by atoms with Gasteiger partial charge in [0, 0.05) is 33.9 Å². The Balaban J connectivity index is 1.89. The van der Waals surface area contributed by atoms with Crippen LogP contribution in [0.3, 0.4) is 0 Å². The Bertz CT molecular complexity index is 511. The highest BCUT2D eigenvalue weighted by Crippen LogP contribution is 2.39. The molecule has 1 aliphatic heterocycles. The second kappa shape index (κ2) is 6.37. The zero-order valence-electron chi connectivity index (χ0n) is 13.4. The number of fused-ring (bicyclic) bond motifs is 1. The van der Waals surface area contributed by atoms with Crippen molar-refractivity contribution in [3.05, 3.63) is 23.8 Å². The molecule has 116 valence electrons. The highest BCUT2D eigenvalue weighted by atomic mass is 16.7.